The first kappa shape index (κ1) is 21.7. The molecule has 1 aromatic heterocycles. The van der Waals surface area contributed by atoms with Crippen LogP contribution in [-0.4, -0.2) is 30.4 Å². The first-order chi connectivity index (χ1) is 15.5. The predicted octanol–water partition coefficient (Wildman–Crippen LogP) is 3.15. The second kappa shape index (κ2) is 9.33. The van der Waals surface area contributed by atoms with Crippen LogP contribution in [0.2, 0.25) is 0 Å². The molecule has 3 aromatic carbocycles. The molecule has 1 heterocycles. The normalized spacial score (nSPS) is 12.5. The van der Waals surface area contributed by atoms with E-state index in [0.717, 1.165) is 16.6 Å². The van der Waals surface area contributed by atoms with Crippen molar-refractivity contribution in [1.82, 2.24) is 19.6 Å². The Balaban J connectivity index is 1.50. The Morgan fingerprint density at radius 1 is 0.938 bits per heavy atom. The smallest absolute Gasteiger partial charge is 0.240 e. The molecule has 0 aliphatic rings. The molecule has 0 saturated carbocycles. The van der Waals surface area contributed by atoms with Gasteiger partial charge in [0, 0.05) is 20.0 Å². The van der Waals surface area contributed by atoms with E-state index < -0.39 is 16.1 Å². The molecule has 0 radical (unpaired) electrons. The number of aromatic nitrogens is 2. The van der Waals surface area contributed by atoms with Crippen molar-refractivity contribution in [2.75, 3.05) is 6.54 Å². The molecule has 0 fully saturated rings. The topological polar surface area (TPSA) is 93.1 Å². The lowest BCUT2D eigenvalue weighted by atomic mass is 10.1. The number of carbonyl (C=O) groups is 1. The summed E-state index contributed by atoms with van der Waals surface area (Å²) in [6.45, 7) is -0.00683. The molecule has 164 valence electrons. The predicted molar refractivity (Wildman–Crippen MR) is 123 cm³/mol. The van der Waals surface area contributed by atoms with Crippen LogP contribution in [0, 0.1) is 0 Å². The molecule has 32 heavy (non-hydrogen) atoms. The first-order valence-corrected chi connectivity index (χ1v) is 11.7. The van der Waals surface area contributed by atoms with E-state index in [0.29, 0.717) is 5.82 Å². The number of sulfonamides is 1. The van der Waals surface area contributed by atoms with Crippen LogP contribution in [0.4, 0.5) is 0 Å². The van der Waals surface area contributed by atoms with E-state index in [1.165, 1.54) is 12.1 Å². The minimum absolute atomic E-state index is 0.000655. The van der Waals surface area contributed by atoms with Crippen molar-refractivity contribution < 1.29 is 13.2 Å². The van der Waals surface area contributed by atoms with Crippen molar-refractivity contribution in [3.8, 4) is 0 Å². The van der Waals surface area contributed by atoms with Crippen molar-refractivity contribution in [1.29, 1.82) is 0 Å². The minimum Gasteiger partial charge on any atom is -0.342 e. The van der Waals surface area contributed by atoms with E-state index in [9.17, 15) is 13.2 Å². The summed E-state index contributed by atoms with van der Waals surface area (Å²) in [6.07, 6.45) is -0.000655. The summed E-state index contributed by atoms with van der Waals surface area (Å²) in [6, 6.07) is 25.0. The van der Waals surface area contributed by atoms with Crippen LogP contribution in [-0.2, 0) is 21.9 Å². The summed E-state index contributed by atoms with van der Waals surface area (Å²) in [7, 11) is -1.74. The molecule has 7 nitrogen and oxygen atoms in total. The molecule has 4 rings (SSSR count). The van der Waals surface area contributed by atoms with E-state index in [-0.39, 0.29) is 23.8 Å². The maximum Gasteiger partial charge on any atom is 0.240 e. The number of imidazole rings is 1. The van der Waals surface area contributed by atoms with Gasteiger partial charge in [0.05, 0.1) is 15.9 Å². The molecule has 0 saturated heterocycles. The van der Waals surface area contributed by atoms with Crippen LogP contribution >= 0.6 is 0 Å². The van der Waals surface area contributed by atoms with Gasteiger partial charge in [0.25, 0.3) is 0 Å². The molecular formula is C24H24N4O3S. The van der Waals surface area contributed by atoms with E-state index >= 15 is 0 Å². The molecule has 4 aromatic rings. The number of fused-ring (bicyclic) bond motifs is 1. The Labute approximate surface area is 187 Å². The molecule has 8 heteroatoms. The van der Waals surface area contributed by atoms with Crippen LogP contribution in [0.15, 0.2) is 89.8 Å². The molecule has 1 amide bonds. The lowest BCUT2D eigenvalue weighted by molar-refractivity contribution is -0.121. The number of benzene rings is 3. The fourth-order valence-corrected chi connectivity index (χ4v) is 4.63. The minimum atomic E-state index is -3.66. The van der Waals surface area contributed by atoms with Crippen molar-refractivity contribution in [2.24, 2.45) is 7.05 Å². The Kier molecular flexibility index (Phi) is 6.34. The third-order valence-electron chi connectivity index (χ3n) is 5.22. The average Bonchev–Trinajstić information content (AvgIpc) is 3.15. The number of hydrogen-bond donors (Lipinski definition) is 2. The van der Waals surface area contributed by atoms with Gasteiger partial charge >= 0.3 is 0 Å². The fourth-order valence-electron chi connectivity index (χ4n) is 3.58. The second-order valence-electron chi connectivity index (χ2n) is 7.39. The number of aryl methyl sites for hydroxylation is 1. The Morgan fingerprint density at radius 3 is 2.25 bits per heavy atom. The molecule has 1 atom stereocenters. The van der Waals surface area contributed by atoms with E-state index in [1.54, 1.807) is 18.2 Å². The van der Waals surface area contributed by atoms with Crippen LogP contribution in [0.5, 0.6) is 0 Å². The van der Waals surface area contributed by atoms with Crippen molar-refractivity contribution in [3.05, 3.63) is 96.3 Å². The number of hydrogen-bond acceptors (Lipinski definition) is 4. The van der Waals surface area contributed by atoms with Crippen molar-refractivity contribution in [2.45, 2.75) is 17.4 Å². The average molecular weight is 449 g/mol. The summed E-state index contributed by atoms with van der Waals surface area (Å²) in [5.41, 5.74) is 2.70. The van der Waals surface area contributed by atoms with Gasteiger partial charge in [0.1, 0.15) is 11.9 Å². The third kappa shape index (κ3) is 4.71. The molecular weight excluding hydrogens is 424 g/mol. The number of amides is 1. The van der Waals surface area contributed by atoms with E-state index in [4.69, 9.17) is 4.98 Å². The molecule has 1 unspecified atom stereocenters. The van der Waals surface area contributed by atoms with Gasteiger partial charge in [0.2, 0.25) is 15.9 Å². The third-order valence-corrected chi connectivity index (χ3v) is 6.69. The van der Waals surface area contributed by atoms with Gasteiger partial charge in [-0.15, -0.1) is 0 Å². The first-order valence-electron chi connectivity index (χ1n) is 10.3. The van der Waals surface area contributed by atoms with Crippen LogP contribution in [0.25, 0.3) is 11.0 Å². The zero-order valence-corrected chi connectivity index (χ0v) is 18.4. The standard InChI is InChI=1S/C24H24N4O3S/c1-28-21-15-9-8-14-20(21)26-24(28)23(18-10-4-2-5-11-18)27-22(29)16-17-25-32(30,31)19-12-6-3-7-13-19/h2-15,23,25H,16-17H2,1H3,(H,27,29). The SMILES string of the molecule is Cn1c(C(NC(=O)CCNS(=O)(=O)c2ccccc2)c2ccccc2)nc2ccccc21. The second-order valence-corrected chi connectivity index (χ2v) is 9.16. The largest absolute Gasteiger partial charge is 0.342 e. The van der Waals surface area contributed by atoms with Crippen molar-refractivity contribution in [3.63, 3.8) is 0 Å². The van der Waals surface area contributed by atoms with Crippen molar-refractivity contribution >= 4 is 27.0 Å². The summed E-state index contributed by atoms with van der Waals surface area (Å²) >= 11 is 0. The highest BCUT2D eigenvalue weighted by Gasteiger charge is 2.23. The Hall–Kier alpha value is -3.49. The summed E-state index contributed by atoms with van der Waals surface area (Å²) in [5, 5.41) is 3.02. The number of nitrogens with one attached hydrogen (secondary N) is 2. The molecule has 0 aliphatic carbocycles. The van der Waals surface area contributed by atoms with Crippen LogP contribution < -0.4 is 10.0 Å². The quantitative estimate of drug-likeness (QED) is 0.433. The van der Waals surface area contributed by atoms with Gasteiger partial charge in [-0.2, -0.15) is 0 Å². The number of nitrogens with zero attached hydrogens (tertiary/aromatic N) is 2. The highest BCUT2D eigenvalue weighted by Crippen LogP contribution is 2.25. The lowest BCUT2D eigenvalue weighted by Crippen LogP contribution is -2.34. The zero-order valence-electron chi connectivity index (χ0n) is 17.6. The van der Waals surface area contributed by atoms with Gasteiger partial charge < -0.3 is 9.88 Å². The molecule has 2 N–H and O–H groups in total. The summed E-state index contributed by atoms with van der Waals surface area (Å²) in [5.74, 6) is 0.428. The molecule has 0 spiro atoms. The highest BCUT2D eigenvalue weighted by molar-refractivity contribution is 7.89. The summed E-state index contributed by atoms with van der Waals surface area (Å²) < 4.78 is 29.2. The highest BCUT2D eigenvalue weighted by atomic mass is 32.2. The van der Waals surface area contributed by atoms with Crippen LogP contribution in [0.1, 0.15) is 23.9 Å². The molecule has 0 aliphatic heterocycles. The maximum atomic E-state index is 12.8. The van der Waals surface area contributed by atoms with E-state index in [2.05, 4.69) is 10.0 Å². The van der Waals surface area contributed by atoms with Gasteiger partial charge in [-0.25, -0.2) is 18.1 Å². The lowest BCUT2D eigenvalue weighted by Gasteiger charge is -2.19. The Bertz CT molecular complexity index is 1320. The van der Waals surface area contributed by atoms with Gasteiger partial charge in [-0.1, -0.05) is 60.7 Å². The number of para-hydroxylation sites is 2. The Morgan fingerprint density at radius 2 is 1.56 bits per heavy atom. The van der Waals surface area contributed by atoms with Gasteiger partial charge in [-0.05, 0) is 29.8 Å². The van der Waals surface area contributed by atoms with Crippen LogP contribution in [0.3, 0.4) is 0 Å². The molecule has 0 bridgehead atoms. The fraction of sp³-hybridized carbons (Fsp3) is 0.167. The zero-order chi connectivity index (χ0) is 22.6. The van der Waals surface area contributed by atoms with Gasteiger partial charge in [0.15, 0.2) is 0 Å². The maximum absolute atomic E-state index is 12.8. The monoisotopic (exact) mass is 448 g/mol. The number of carbonyl (C=O) groups excluding carboxylic acids is 1. The van der Waals surface area contributed by atoms with Gasteiger partial charge in [-0.3, -0.25) is 4.79 Å². The number of rotatable bonds is 8. The summed E-state index contributed by atoms with van der Waals surface area (Å²) in [4.78, 5) is 17.7. The van der Waals surface area contributed by atoms with E-state index in [1.807, 2.05) is 66.2 Å².